The van der Waals surface area contributed by atoms with Gasteiger partial charge in [0.15, 0.2) is 0 Å². The fourth-order valence-electron chi connectivity index (χ4n) is 4.07. The molecule has 5 nitrogen and oxygen atoms in total. The van der Waals surface area contributed by atoms with Gasteiger partial charge in [0, 0.05) is 13.5 Å². The summed E-state index contributed by atoms with van der Waals surface area (Å²) in [6.07, 6.45) is 0.572. The number of amides is 2. The van der Waals surface area contributed by atoms with Crippen LogP contribution in [0.5, 0.6) is 0 Å². The number of rotatable bonds is 5. The van der Waals surface area contributed by atoms with Crippen LogP contribution >= 0.6 is 0 Å². The Bertz CT molecular complexity index is 1270. The van der Waals surface area contributed by atoms with Gasteiger partial charge in [0.1, 0.15) is 12.4 Å². The molecule has 2 amide bonds. The number of hydrazone groups is 1. The van der Waals surface area contributed by atoms with Gasteiger partial charge in [-0.2, -0.15) is 5.10 Å². The van der Waals surface area contributed by atoms with Crippen molar-refractivity contribution in [2.24, 2.45) is 5.10 Å². The molecule has 0 spiro atoms. The highest BCUT2D eigenvalue weighted by Gasteiger charge is 2.34. The van der Waals surface area contributed by atoms with Crippen molar-refractivity contribution in [1.29, 1.82) is 0 Å². The lowest BCUT2D eigenvalue weighted by Crippen LogP contribution is -2.39. The highest BCUT2D eigenvalue weighted by molar-refractivity contribution is 6.04. The van der Waals surface area contributed by atoms with Gasteiger partial charge in [0.25, 0.3) is 11.8 Å². The third-order valence-corrected chi connectivity index (χ3v) is 6.29. The summed E-state index contributed by atoms with van der Waals surface area (Å²) in [5.41, 5.74) is 6.20. The molecule has 1 aliphatic heterocycles. The number of hydrogen-bond acceptors (Lipinski definition) is 3. The minimum absolute atomic E-state index is 0.0615. The number of likely N-dealkylation sites (N-methyl/N-ethyl adjacent to an activating group) is 1. The highest BCUT2D eigenvalue weighted by atomic mass is 19.1. The normalized spacial score (nSPS) is 15.3. The number of hydrogen-bond donors (Lipinski definition) is 0. The van der Waals surface area contributed by atoms with Crippen molar-refractivity contribution in [3.8, 4) is 0 Å². The monoisotopic (exact) mass is 457 g/mol. The molecule has 1 heterocycles. The third kappa shape index (κ3) is 4.76. The number of aryl methyl sites for hydroxylation is 3. The van der Waals surface area contributed by atoms with Gasteiger partial charge in [-0.3, -0.25) is 9.59 Å². The molecule has 0 aliphatic carbocycles. The van der Waals surface area contributed by atoms with Crippen LogP contribution in [0.2, 0.25) is 0 Å². The molecule has 0 saturated heterocycles. The van der Waals surface area contributed by atoms with Gasteiger partial charge in [-0.25, -0.2) is 9.40 Å². The average Bonchev–Trinajstić information content (AvgIpc) is 3.27. The lowest BCUT2D eigenvalue weighted by Gasteiger charge is -2.25. The molecule has 4 rings (SSSR count). The summed E-state index contributed by atoms with van der Waals surface area (Å²) in [5, 5.41) is 6.17. The third-order valence-electron chi connectivity index (χ3n) is 6.29. The Morgan fingerprint density at radius 2 is 1.71 bits per heavy atom. The standard InChI is InChI=1S/C28H28FN3O2/c1-18-9-12-21(13-10-18)26-16-25(22-14-11-19(2)20(3)15-22)30-32(26)27(33)17-31(4)28(34)23-7-5-6-8-24(23)29/h5-15,26H,16-17H2,1-4H3. The number of carbonyl (C=O) groups is 2. The van der Waals surface area contributed by atoms with Gasteiger partial charge in [-0.05, 0) is 61.2 Å². The van der Waals surface area contributed by atoms with E-state index in [2.05, 4.69) is 26.0 Å². The summed E-state index contributed by atoms with van der Waals surface area (Å²) in [4.78, 5) is 27.3. The van der Waals surface area contributed by atoms with Gasteiger partial charge in [0.2, 0.25) is 0 Å². The van der Waals surface area contributed by atoms with Crippen molar-refractivity contribution >= 4 is 17.5 Å². The summed E-state index contributed by atoms with van der Waals surface area (Å²) < 4.78 is 14.1. The first-order valence-electron chi connectivity index (χ1n) is 11.3. The zero-order valence-electron chi connectivity index (χ0n) is 19.9. The first-order chi connectivity index (χ1) is 16.2. The SMILES string of the molecule is Cc1ccc(C2CC(c3ccc(C)c(C)c3)=NN2C(=O)CN(C)C(=O)c2ccccc2F)cc1. The van der Waals surface area contributed by atoms with Crippen LogP contribution in [-0.2, 0) is 4.79 Å². The second-order valence-electron chi connectivity index (χ2n) is 8.86. The van der Waals surface area contributed by atoms with Crippen molar-refractivity contribution in [2.75, 3.05) is 13.6 Å². The van der Waals surface area contributed by atoms with Crippen molar-refractivity contribution in [3.63, 3.8) is 0 Å². The summed E-state index contributed by atoms with van der Waals surface area (Å²) in [5.74, 6) is -1.48. The van der Waals surface area contributed by atoms with E-state index in [0.717, 1.165) is 28.0 Å². The molecular weight excluding hydrogens is 429 g/mol. The molecule has 0 radical (unpaired) electrons. The first-order valence-corrected chi connectivity index (χ1v) is 11.3. The molecular formula is C28H28FN3O2. The molecule has 0 aromatic heterocycles. The Balaban J connectivity index is 1.61. The second-order valence-corrected chi connectivity index (χ2v) is 8.86. The predicted molar refractivity (Wildman–Crippen MR) is 131 cm³/mol. The lowest BCUT2D eigenvalue weighted by atomic mass is 9.96. The smallest absolute Gasteiger partial charge is 0.262 e. The molecule has 3 aromatic rings. The highest BCUT2D eigenvalue weighted by Crippen LogP contribution is 2.33. The molecule has 0 N–H and O–H groups in total. The largest absolute Gasteiger partial charge is 0.332 e. The topological polar surface area (TPSA) is 53.0 Å². The van der Waals surface area contributed by atoms with E-state index in [0.29, 0.717) is 6.42 Å². The maximum absolute atomic E-state index is 14.1. The fourth-order valence-corrected chi connectivity index (χ4v) is 4.07. The van der Waals surface area contributed by atoms with Gasteiger partial charge < -0.3 is 4.90 Å². The van der Waals surface area contributed by atoms with Crippen LogP contribution in [0.1, 0.15) is 50.6 Å². The van der Waals surface area contributed by atoms with E-state index in [1.165, 1.54) is 40.7 Å². The van der Waals surface area contributed by atoms with Crippen LogP contribution in [0.4, 0.5) is 4.39 Å². The molecule has 3 aromatic carbocycles. The molecule has 1 atom stereocenters. The number of carbonyl (C=O) groups excluding carboxylic acids is 2. The second kappa shape index (κ2) is 9.59. The minimum Gasteiger partial charge on any atom is -0.332 e. The molecule has 1 aliphatic rings. The van der Waals surface area contributed by atoms with Crippen molar-refractivity contribution in [3.05, 3.63) is 106 Å². The van der Waals surface area contributed by atoms with E-state index in [4.69, 9.17) is 5.10 Å². The van der Waals surface area contributed by atoms with E-state index in [-0.39, 0.29) is 24.1 Å². The molecule has 174 valence electrons. The fraction of sp³-hybridized carbons (Fsp3) is 0.250. The Kier molecular flexibility index (Phi) is 6.59. The molecule has 0 bridgehead atoms. The maximum atomic E-state index is 14.1. The summed E-state index contributed by atoms with van der Waals surface area (Å²) in [6, 6.07) is 19.7. The zero-order valence-corrected chi connectivity index (χ0v) is 19.9. The number of nitrogens with zero attached hydrogens (tertiary/aromatic N) is 3. The van der Waals surface area contributed by atoms with Crippen LogP contribution in [0.25, 0.3) is 0 Å². The van der Waals surface area contributed by atoms with Crippen molar-refractivity contribution in [2.45, 2.75) is 33.2 Å². The van der Waals surface area contributed by atoms with E-state index in [1.807, 2.05) is 37.3 Å². The van der Waals surface area contributed by atoms with Gasteiger partial charge >= 0.3 is 0 Å². The first kappa shape index (κ1) is 23.4. The Labute approximate surface area is 199 Å². The molecule has 0 fully saturated rings. The molecule has 34 heavy (non-hydrogen) atoms. The molecule has 0 saturated carbocycles. The van der Waals surface area contributed by atoms with Gasteiger partial charge in [-0.1, -0.05) is 54.1 Å². The van der Waals surface area contributed by atoms with Crippen LogP contribution in [0, 0.1) is 26.6 Å². The van der Waals surface area contributed by atoms with E-state index >= 15 is 0 Å². The summed E-state index contributed by atoms with van der Waals surface area (Å²) >= 11 is 0. The minimum atomic E-state index is -0.611. The predicted octanol–water partition coefficient (Wildman–Crippen LogP) is 5.20. The van der Waals surface area contributed by atoms with Gasteiger partial charge in [-0.15, -0.1) is 0 Å². The quantitative estimate of drug-likeness (QED) is 0.529. The number of halogens is 1. The van der Waals surface area contributed by atoms with Crippen LogP contribution < -0.4 is 0 Å². The van der Waals surface area contributed by atoms with E-state index < -0.39 is 11.7 Å². The maximum Gasteiger partial charge on any atom is 0.262 e. The number of benzene rings is 3. The van der Waals surface area contributed by atoms with E-state index in [9.17, 15) is 14.0 Å². The Morgan fingerprint density at radius 1 is 1.00 bits per heavy atom. The lowest BCUT2D eigenvalue weighted by molar-refractivity contribution is -0.133. The Morgan fingerprint density at radius 3 is 2.38 bits per heavy atom. The van der Waals surface area contributed by atoms with Crippen LogP contribution in [0.3, 0.4) is 0 Å². The van der Waals surface area contributed by atoms with Crippen LogP contribution in [0.15, 0.2) is 71.8 Å². The molecule has 6 heteroatoms. The Hall–Kier alpha value is -3.80. The van der Waals surface area contributed by atoms with Crippen molar-refractivity contribution < 1.29 is 14.0 Å². The van der Waals surface area contributed by atoms with Crippen molar-refractivity contribution in [1.82, 2.24) is 9.91 Å². The summed E-state index contributed by atoms with van der Waals surface area (Å²) in [6.45, 7) is 5.92. The van der Waals surface area contributed by atoms with Gasteiger partial charge in [0.05, 0.1) is 17.3 Å². The molecule has 1 unspecified atom stereocenters. The van der Waals surface area contributed by atoms with Crippen LogP contribution in [-0.4, -0.2) is 41.0 Å². The van der Waals surface area contributed by atoms with E-state index in [1.54, 1.807) is 6.07 Å². The average molecular weight is 458 g/mol. The zero-order chi connectivity index (χ0) is 24.4. The summed E-state index contributed by atoms with van der Waals surface area (Å²) in [7, 11) is 1.50.